The van der Waals surface area contributed by atoms with Crippen LogP contribution in [0, 0.1) is 6.92 Å². The Morgan fingerprint density at radius 3 is 2.68 bits per heavy atom. The highest BCUT2D eigenvalue weighted by atomic mass is 79.9. The van der Waals surface area contributed by atoms with Crippen molar-refractivity contribution >= 4 is 56.9 Å². The van der Waals surface area contributed by atoms with E-state index < -0.39 is 0 Å². The van der Waals surface area contributed by atoms with Crippen molar-refractivity contribution in [1.82, 2.24) is 9.88 Å². The Kier molecular flexibility index (Phi) is 8.58. The Hall–Kier alpha value is -1.83. The number of aromatic nitrogens is 1. The molecule has 0 atom stereocenters. The van der Waals surface area contributed by atoms with Gasteiger partial charge in [0, 0.05) is 18.6 Å². The second kappa shape index (κ2) is 11.2. The van der Waals surface area contributed by atoms with Crippen LogP contribution in [-0.4, -0.2) is 41.6 Å². The van der Waals surface area contributed by atoms with E-state index in [1.807, 2.05) is 24.9 Å². The number of pyridine rings is 1. The van der Waals surface area contributed by atoms with Crippen LogP contribution < -0.4 is 9.57 Å². The maximum atomic E-state index is 6.16. The molecule has 6 nitrogen and oxygen atoms in total. The number of hydrogen-bond donors (Lipinski definition) is 0. The molecule has 3 rings (SSSR count). The van der Waals surface area contributed by atoms with E-state index >= 15 is 0 Å². The molecule has 9 heteroatoms. The summed E-state index contributed by atoms with van der Waals surface area (Å²) >= 11 is 15.6. The molecule has 0 N–H and O–H groups in total. The standard InChI is InChI=1S/C22H25BrCl2N4O2/c1-4-29(3)13-26-20-12-18(23)22(27-14(20)2)30-17-8-6-16(7-9-17)28-31-21-10-5-15(24)11-19(21)25/h5,10-13,17H,4,6-9H2,1-3H3/b26-13+,28-16?. The van der Waals surface area contributed by atoms with Crippen molar-refractivity contribution in [1.29, 1.82) is 0 Å². The first-order valence-corrected chi connectivity index (χ1v) is 11.7. The van der Waals surface area contributed by atoms with Crippen LogP contribution in [0.4, 0.5) is 5.69 Å². The molecule has 1 aliphatic carbocycles. The first-order valence-electron chi connectivity index (χ1n) is 10.1. The number of halogens is 3. The van der Waals surface area contributed by atoms with E-state index in [0.717, 1.165) is 53.8 Å². The zero-order valence-corrected chi connectivity index (χ0v) is 20.8. The molecule has 166 valence electrons. The van der Waals surface area contributed by atoms with Gasteiger partial charge in [0.25, 0.3) is 0 Å². The Morgan fingerprint density at radius 2 is 2.00 bits per heavy atom. The molecule has 0 unspecified atom stereocenters. The van der Waals surface area contributed by atoms with Gasteiger partial charge in [-0.05, 0) is 79.7 Å². The maximum Gasteiger partial charge on any atom is 0.228 e. The highest BCUT2D eigenvalue weighted by Gasteiger charge is 2.22. The average molecular weight is 528 g/mol. The van der Waals surface area contributed by atoms with Crippen LogP contribution in [0.1, 0.15) is 38.3 Å². The molecule has 1 aromatic heterocycles. The molecule has 1 saturated carbocycles. The van der Waals surface area contributed by atoms with Crippen molar-refractivity contribution < 1.29 is 9.57 Å². The maximum absolute atomic E-state index is 6.16. The van der Waals surface area contributed by atoms with E-state index in [1.165, 1.54) is 0 Å². The lowest BCUT2D eigenvalue weighted by Gasteiger charge is -2.24. The highest BCUT2D eigenvalue weighted by molar-refractivity contribution is 9.10. The molecule has 0 bridgehead atoms. The summed E-state index contributed by atoms with van der Waals surface area (Å²) in [6.45, 7) is 4.90. The zero-order valence-electron chi connectivity index (χ0n) is 17.7. The first-order chi connectivity index (χ1) is 14.9. The van der Waals surface area contributed by atoms with Gasteiger partial charge < -0.3 is 14.5 Å². The molecule has 1 aliphatic rings. The Morgan fingerprint density at radius 1 is 1.26 bits per heavy atom. The number of hydrogen-bond acceptors (Lipinski definition) is 5. The van der Waals surface area contributed by atoms with Gasteiger partial charge in [-0.25, -0.2) is 9.98 Å². The number of aliphatic imine (C=N–C) groups is 1. The number of benzene rings is 1. The second-order valence-electron chi connectivity index (χ2n) is 7.34. The summed E-state index contributed by atoms with van der Waals surface area (Å²) in [6, 6.07) is 7.01. The van der Waals surface area contributed by atoms with E-state index in [1.54, 1.807) is 24.5 Å². The smallest absolute Gasteiger partial charge is 0.228 e. The van der Waals surface area contributed by atoms with Crippen molar-refractivity contribution in [2.24, 2.45) is 10.1 Å². The van der Waals surface area contributed by atoms with Crippen LogP contribution in [0.5, 0.6) is 11.6 Å². The number of oxime groups is 1. The summed E-state index contributed by atoms with van der Waals surface area (Å²) in [7, 11) is 1.98. The third-order valence-electron chi connectivity index (χ3n) is 4.96. The predicted octanol–water partition coefficient (Wildman–Crippen LogP) is 6.83. The van der Waals surface area contributed by atoms with Crippen LogP contribution in [0.2, 0.25) is 10.0 Å². The van der Waals surface area contributed by atoms with E-state index in [-0.39, 0.29) is 6.10 Å². The quantitative estimate of drug-likeness (QED) is 0.225. The fourth-order valence-electron chi connectivity index (χ4n) is 2.96. The third kappa shape index (κ3) is 6.82. The first kappa shape index (κ1) is 23.8. The van der Waals surface area contributed by atoms with Crippen molar-refractivity contribution in [3.05, 3.63) is 44.5 Å². The van der Waals surface area contributed by atoms with Gasteiger partial charge in [0.15, 0.2) is 5.75 Å². The summed E-state index contributed by atoms with van der Waals surface area (Å²) in [4.78, 5) is 16.6. The molecular weight excluding hydrogens is 503 g/mol. The molecule has 2 aromatic rings. The molecule has 1 aromatic carbocycles. The fourth-order valence-corrected chi connectivity index (χ4v) is 3.80. The van der Waals surface area contributed by atoms with Crippen LogP contribution in [0.25, 0.3) is 0 Å². The van der Waals surface area contributed by atoms with Gasteiger partial charge in [-0.1, -0.05) is 28.4 Å². The van der Waals surface area contributed by atoms with E-state index in [2.05, 4.69) is 38.0 Å². The minimum Gasteiger partial charge on any atom is -0.474 e. The molecule has 0 saturated heterocycles. The fraction of sp³-hybridized carbons (Fsp3) is 0.409. The van der Waals surface area contributed by atoms with Crippen molar-refractivity contribution in [3.63, 3.8) is 0 Å². The average Bonchev–Trinajstić information content (AvgIpc) is 2.75. The van der Waals surface area contributed by atoms with Crippen LogP contribution in [0.3, 0.4) is 0 Å². The van der Waals surface area contributed by atoms with Crippen LogP contribution in [0.15, 0.2) is 38.9 Å². The number of nitrogens with zero attached hydrogens (tertiary/aromatic N) is 4. The van der Waals surface area contributed by atoms with Gasteiger partial charge in [0.1, 0.15) is 6.10 Å². The lowest BCUT2D eigenvalue weighted by molar-refractivity contribution is 0.168. The molecule has 1 heterocycles. The SMILES string of the molecule is CCN(C)/C=N/c1cc(Br)c(OC2CCC(=NOc3ccc(Cl)cc3Cl)CC2)nc1C. The minimum absolute atomic E-state index is 0.0712. The second-order valence-corrected chi connectivity index (χ2v) is 9.04. The third-order valence-corrected chi connectivity index (χ3v) is 6.05. The summed E-state index contributed by atoms with van der Waals surface area (Å²) < 4.78 is 6.96. The van der Waals surface area contributed by atoms with Gasteiger partial charge in [-0.15, -0.1) is 0 Å². The highest BCUT2D eigenvalue weighted by Crippen LogP contribution is 2.32. The summed E-state index contributed by atoms with van der Waals surface area (Å²) in [5, 5.41) is 5.26. The van der Waals surface area contributed by atoms with E-state index in [0.29, 0.717) is 21.7 Å². The van der Waals surface area contributed by atoms with Crippen molar-refractivity contribution in [2.45, 2.75) is 45.6 Å². The summed E-state index contributed by atoms with van der Waals surface area (Å²) in [5.74, 6) is 1.09. The monoisotopic (exact) mass is 526 g/mol. The van der Waals surface area contributed by atoms with E-state index in [4.69, 9.17) is 32.8 Å². The van der Waals surface area contributed by atoms with Crippen LogP contribution in [-0.2, 0) is 0 Å². The summed E-state index contributed by atoms with van der Waals surface area (Å²) in [5.41, 5.74) is 2.62. The molecule has 0 aliphatic heterocycles. The van der Waals surface area contributed by atoms with Gasteiger partial charge in [-0.2, -0.15) is 0 Å². The van der Waals surface area contributed by atoms with Gasteiger partial charge in [0.05, 0.1) is 32.9 Å². The van der Waals surface area contributed by atoms with Gasteiger partial charge in [0.2, 0.25) is 5.88 Å². The van der Waals surface area contributed by atoms with Crippen molar-refractivity contribution in [2.75, 3.05) is 13.6 Å². The molecule has 1 fully saturated rings. The Balaban J connectivity index is 1.57. The Bertz CT molecular complexity index is 974. The summed E-state index contributed by atoms with van der Waals surface area (Å²) in [6.07, 6.45) is 5.13. The van der Waals surface area contributed by atoms with E-state index in [9.17, 15) is 0 Å². The molecule has 0 spiro atoms. The largest absolute Gasteiger partial charge is 0.474 e. The van der Waals surface area contributed by atoms with Crippen LogP contribution >= 0.6 is 39.1 Å². The molecule has 31 heavy (non-hydrogen) atoms. The van der Waals surface area contributed by atoms with Gasteiger partial charge in [-0.3, -0.25) is 0 Å². The van der Waals surface area contributed by atoms with Gasteiger partial charge >= 0.3 is 0 Å². The molecule has 0 radical (unpaired) electrons. The lowest BCUT2D eigenvalue weighted by atomic mass is 9.96. The normalized spacial score (nSPS) is 16.5. The topological polar surface area (TPSA) is 59.3 Å². The lowest BCUT2D eigenvalue weighted by Crippen LogP contribution is -2.25. The number of aryl methyl sites for hydroxylation is 1. The zero-order chi connectivity index (χ0) is 22.4. The number of rotatable bonds is 7. The predicted molar refractivity (Wildman–Crippen MR) is 131 cm³/mol. The number of ether oxygens (including phenoxy) is 1. The Labute approximate surface area is 201 Å². The van der Waals surface area contributed by atoms with Crippen molar-refractivity contribution in [3.8, 4) is 11.6 Å². The molecule has 0 amide bonds. The molecular formula is C22H25BrCl2N4O2. The minimum atomic E-state index is 0.0712.